The largest absolute Gasteiger partial charge is 0.469 e. The molecule has 0 saturated carbocycles. The van der Waals surface area contributed by atoms with Gasteiger partial charge in [-0.15, -0.1) is 11.3 Å². The van der Waals surface area contributed by atoms with Crippen LogP contribution in [0.4, 0.5) is 5.69 Å². The molecule has 1 aromatic carbocycles. The predicted molar refractivity (Wildman–Crippen MR) is 96.8 cm³/mol. The minimum Gasteiger partial charge on any atom is -0.469 e. The standard InChI is InChI=1S/C19H21NO3S/c1-10-6-13(7-11(2)12(10)3)16-9-15-18(24-16)14(19(22)23-5)8-17(21)20(15)4/h6-7,9,14H,8H2,1-5H3. The first-order valence-electron chi connectivity index (χ1n) is 7.89. The molecule has 2 heterocycles. The fourth-order valence-corrected chi connectivity index (χ4v) is 4.36. The predicted octanol–water partition coefficient (Wildman–Crippen LogP) is 3.96. The van der Waals surface area contributed by atoms with Gasteiger partial charge in [-0.1, -0.05) is 12.1 Å². The molecule has 5 heteroatoms. The number of carbonyl (C=O) groups excluding carboxylic acids is 2. The van der Waals surface area contributed by atoms with Gasteiger partial charge in [-0.25, -0.2) is 0 Å². The molecule has 1 aliphatic heterocycles. The molecule has 1 aliphatic rings. The van der Waals surface area contributed by atoms with E-state index < -0.39 is 5.92 Å². The number of amides is 1. The van der Waals surface area contributed by atoms with Crippen LogP contribution in [0.15, 0.2) is 18.2 Å². The summed E-state index contributed by atoms with van der Waals surface area (Å²) in [4.78, 5) is 27.9. The van der Waals surface area contributed by atoms with Crippen LogP contribution >= 0.6 is 11.3 Å². The molecule has 24 heavy (non-hydrogen) atoms. The number of thiophene rings is 1. The van der Waals surface area contributed by atoms with Crippen LogP contribution in [0, 0.1) is 20.8 Å². The summed E-state index contributed by atoms with van der Waals surface area (Å²) in [6.07, 6.45) is 0.169. The van der Waals surface area contributed by atoms with Gasteiger partial charge in [0.1, 0.15) is 5.92 Å². The molecule has 1 unspecified atom stereocenters. The fraction of sp³-hybridized carbons (Fsp3) is 0.368. The second kappa shape index (κ2) is 6.06. The van der Waals surface area contributed by atoms with Crippen LogP contribution in [0.1, 0.15) is 33.9 Å². The highest BCUT2D eigenvalue weighted by Crippen LogP contribution is 2.45. The van der Waals surface area contributed by atoms with Crippen molar-refractivity contribution in [1.29, 1.82) is 0 Å². The van der Waals surface area contributed by atoms with Crippen molar-refractivity contribution in [2.24, 2.45) is 0 Å². The number of rotatable bonds is 2. The normalized spacial score (nSPS) is 17.0. The number of esters is 1. The fourth-order valence-electron chi connectivity index (χ4n) is 3.10. The lowest BCUT2D eigenvalue weighted by Crippen LogP contribution is -2.34. The lowest BCUT2D eigenvalue weighted by atomic mass is 9.96. The summed E-state index contributed by atoms with van der Waals surface area (Å²) in [5.74, 6) is -0.902. The molecule has 0 fully saturated rings. The third-order valence-electron chi connectivity index (χ3n) is 4.87. The van der Waals surface area contributed by atoms with Gasteiger partial charge < -0.3 is 9.64 Å². The van der Waals surface area contributed by atoms with E-state index >= 15 is 0 Å². The zero-order valence-electron chi connectivity index (χ0n) is 14.6. The Morgan fingerprint density at radius 1 is 1.21 bits per heavy atom. The van der Waals surface area contributed by atoms with E-state index in [0.29, 0.717) is 0 Å². The Morgan fingerprint density at radius 3 is 2.42 bits per heavy atom. The van der Waals surface area contributed by atoms with Crippen LogP contribution in [0.3, 0.4) is 0 Å². The SMILES string of the molecule is COC(=O)C1CC(=O)N(C)c2cc(-c3cc(C)c(C)c(C)c3)sc21. The molecule has 0 spiro atoms. The Hall–Kier alpha value is -2.14. The van der Waals surface area contributed by atoms with Crippen molar-refractivity contribution in [3.05, 3.63) is 39.8 Å². The highest BCUT2D eigenvalue weighted by atomic mass is 32.1. The number of ether oxygens (including phenoxy) is 1. The Balaban J connectivity index is 2.13. The van der Waals surface area contributed by atoms with Gasteiger partial charge >= 0.3 is 5.97 Å². The second-order valence-electron chi connectivity index (χ2n) is 6.33. The van der Waals surface area contributed by atoms with Crippen LogP contribution in [0.5, 0.6) is 0 Å². The molecule has 0 aliphatic carbocycles. The van der Waals surface area contributed by atoms with Gasteiger partial charge in [-0.05, 0) is 49.1 Å². The third kappa shape index (κ3) is 2.63. The summed E-state index contributed by atoms with van der Waals surface area (Å²) in [6.45, 7) is 6.33. The molecule has 0 N–H and O–H groups in total. The Bertz CT molecular complexity index is 814. The molecule has 0 radical (unpaired) electrons. The molecule has 2 aromatic rings. The molecular weight excluding hydrogens is 322 g/mol. The zero-order chi connectivity index (χ0) is 17.6. The summed E-state index contributed by atoms with van der Waals surface area (Å²) in [7, 11) is 3.13. The molecule has 1 amide bonds. The van der Waals surface area contributed by atoms with E-state index in [1.807, 2.05) is 6.07 Å². The number of aryl methyl sites for hydroxylation is 2. The van der Waals surface area contributed by atoms with Crippen molar-refractivity contribution in [1.82, 2.24) is 0 Å². The van der Waals surface area contributed by atoms with E-state index in [1.165, 1.54) is 23.8 Å². The average Bonchev–Trinajstić information content (AvgIpc) is 3.00. The van der Waals surface area contributed by atoms with Gasteiger partial charge in [0.25, 0.3) is 0 Å². The van der Waals surface area contributed by atoms with E-state index in [-0.39, 0.29) is 18.3 Å². The number of carbonyl (C=O) groups is 2. The van der Waals surface area contributed by atoms with Crippen LogP contribution in [0.2, 0.25) is 0 Å². The average molecular weight is 343 g/mol. The van der Waals surface area contributed by atoms with Crippen molar-refractivity contribution in [2.75, 3.05) is 19.1 Å². The van der Waals surface area contributed by atoms with E-state index in [2.05, 4.69) is 32.9 Å². The molecule has 126 valence electrons. The number of methoxy groups -OCH3 is 1. The van der Waals surface area contributed by atoms with E-state index in [9.17, 15) is 9.59 Å². The van der Waals surface area contributed by atoms with Crippen LogP contribution < -0.4 is 4.90 Å². The number of fused-ring (bicyclic) bond motifs is 1. The van der Waals surface area contributed by atoms with Crippen LogP contribution in [-0.4, -0.2) is 26.0 Å². The van der Waals surface area contributed by atoms with Crippen molar-refractivity contribution < 1.29 is 14.3 Å². The highest BCUT2D eigenvalue weighted by molar-refractivity contribution is 7.16. The number of nitrogens with zero attached hydrogens (tertiary/aromatic N) is 1. The number of hydrogen-bond acceptors (Lipinski definition) is 4. The van der Waals surface area contributed by atoms with E-state index in [1.54, 1.807) is 23.3 Å². The Morgan fingerprint density at radius 2 is 1.83 bits per heavy atom. The number of anilines is 1. The summed E-state index contributed by atoms with van der Waals surface area (Å²) in [5, 5.41) is 0. The number of benzene rings is 1. The zero-order valence-corrected chi connectivity index (χ0v) is 15.4. The van der Waals surface area contributed by atoms with E-state index in [4.69, 9.17) is 4.74 Å². The van der Waals surface area contributed by atoms with Crippen LogP contribution in [-0.2, 0) is 14.3 Å². The monoisotopic (exact) mass is 343 g/mol. The topological polar surface area (TPSA) is 46.6 Å². The smallest absolute Gasteiger partial charge is 0.314 e. The first-order chi connectivity index (χ1) is 11.3. The maximum Gasteiger partial charge on any atom is 0.314 e. The number of hydrogen-bond donors (Lipinski definition) is 0. The molecular formula is C19H21NO3S. The summed E-state index contributed by atoms with van der Waals surface area (Å²) in [5.41, 5.74) is 5.72. The Kier molecular flexibility index (Phi) is 4.22. The molecule has 0 bridgehead atoms. The van der Waals surface area contributed by atoms with E-state index in [0.717, 1.165) is 21.0 Å². The summed E-state index contributed by atoms with van der Waals surface area (Å²) in [6, 6.07) is 6.33. The summed E-state index contributed by atoms with van der Waals surface area (Å²) >= 11 is 1.57. The summed E-state index contributed by atoms with van der Waals surface area (Å²) < 4.78 is 4.90. The maximum atomic E-state index is 12.2. The lowest BCUT2D eigenvalue weighted by molar-refractivity contribution is -0.144. The first-order valence-corrected chi connectivity index (χ1v) is 8.71. The Labute approximate surface area is 146 Å². The molecule has 1 aromatic heterocycles. The maximum absolute atomic E-state index is 12.2. The van der Waals surface area contributed by atoms with Crippen LogP contribution in [0.25, 0.3) is 10.4 Å². The van der Waals surface area contributed by atoms with Gasteiger partial charge in [-0.2, -0.15) is 0 Å². The molecule has 4 nitrogen and oxygen atoms in total. The molecule has 3 rings (SSSR count). The van der Waals surface area contributed by atoms with Crippen molar-refractivity contribution >= 4 is 28.9 Å². The lowest BCUT2D eigenvalue weighted by Gasteiger charge is -2.27. The minimum absolute atomic E-state index is 0.0569. The van der Waals surface area contributed by atoms with Gasteiger partial charge in [-0.3, -0.25) is 9.59 Å². The van der Waals surface area contributed by atoms with Crippen molar-refractivity contribution in [3.8, 4) is 10.4 Å². The van der Waals surface area contributed by atoms with Gasteiger partial charge in [0.05, 0.1) is 12.8 Å². The molecule has 1 atom stereocenters. The third-order valence-corrected chi connectivity index (χ3v) is 6.16. The van der Waals surface area contributed by atoms with Gasteiger partial charge in [0.15, 0.2) is 0 Å². The quantitative estimate of drug-likeness (QED) is 0.775. The minimum atomic E-state index is -0.500. The van der Waals surface area contributed by atoms with Gasteiger partial charge in [0.2, 0.25) is 5.91 Å². The van der Waals surface area contributed by atoms with Crippen molar-refractivity contribution in [3.63, 3.8) is 0 Å². The van der Waals surface area contributed by atoms with Crippen molar-refractivity contribution in [2.45, 2.75) is 33.1 Å². The first kappa shape index (κ1) is 16.7. The second-order valence-corrected chi connectivity index (χ2v) is 7.41. The highest BCUT2D eigenvalue weighted by Gasteiger charge is 2.36. The van der Waals surface area contributed by atoms with Gasteiger partial charge in [0, 0.05) is 23.2 Å². The molecule has 0 saturated heterocycles.